The van der Waals surface area contributed by atoms with Crippen LogP contribution in [0.3, 0.4) is 0 Å². The third kappa shape index (κ3) is 2.20. The van der Waals surface area contributed by atoms with Crippen molar-refractivity contribution in [2.45, 2.75) is 13.3 Å². The zero-order valence-electron chi connectivity index (χ0n) is 11.6. The van der Waals surface area contributed by atoms with Gasteiger partial charge in [0.15, 0.2) is 5.82 Å². The molecule has 1 N–H and O–H groups in total. The minimum atomic E-state index is 0.720. The molecule has 0 saturated carbocycles. The van der Waals surface area contributed by atoms with Crippen molar-refractivity contribution in [2.75, 3.05) is 12.4 Å². The second kappa shape index (κ2) is 5.25. The lowest BCUT2D eigenvalue weighted by atomic mass is 10.1. The number of nitrogens with zero attached hydrogens (tertiary/aromatic N) is 3. The molecule has 20 heavy (non-hydrogen) atoms. The van der Waals surface area contributed by atoms with Crippen LogP contribution in [0.1, 0.15) is 12.6 Å². The molecule has 0 spiro atoms. The molecule has 3 aromatic rings. The Morgan fingerprint density at radius 2 is 1.95 bits per heavy atom. The van der Waals surface area contributed by atoms with E-state index >= 15 is 0 Å². The van der Waals surface area contributed by atoms with Crippen molar-refractivity contribution in [2.24, 2.45) is 0 Å². The number of rotatable bonds is 3. The largest absolute Gasteiger partial charge is 0.373 e. The normalized spacial score (nSPS) is 10.7. The first-order chi connectivity index (χ1) is 9.81. The lowest BCUT2D eigenvalue weighted by Gasteiger charge is -2.08. The highest BCUT2D eigenvalue weighted by Gasteiger charge is 2.09. The lowest BCUT2D eigenvalue weighted by Crippen LogP contribution is -2.00. The summed E-state index contributed by atoms with van der Waals surface area (Å²) in [7, 11) is 1.87. The predicted octanol–water partition coefficient (Wildman–Crippen LogP) is 3.30. The van der Waals surface area contributed by atoms with Crippen LogP contribution in [-0.4, -0.2) is 22.0 Å². The van der Waals surface area contributed by atoms with E-state index in [0.717, 1.165) is 40.1 Å². The number of anilines is 1. The summed E-state index contributed by atoms with van der Waals surface area (Å²) in [5.41, 5.74) is 1.99. The van der Waals surface area contributed by atoms with Crippen LogP contribution in [0.5, 0.6) is 0 Å². The number of benzene rings is 1. The van der Waals surface area contributed by atoms with Crippen molar-refractivity contribution in [3.05, 3.63) is 48.4 Å². The van der Waals surface area contributed by atoms with Crippen molar-refractivity contribution in [3.8, 4) is 11.4 Å². The molecule has 1 aromatic carbocycles. The number of hydrogen-bond acceptors (Lipinski definition) is 4. The highest BCUT2D eigenvalue weighted by Crippen LogP contribution is 2.26. The maximum Gasteiger partial charge on any atom is 0.163 e. The van der Waals surface area contributed by atoms with E-state index in [2.05, 4.69) is 39.3 Å². The second-order valence-corrected chi connectivity index (χ2v) is 4.58. The minimum Gasteiger partial charge on any atom is -0.373 e. The first-order valence-electron chi connectivity index (χ1n) is 6.70. The summed E-state index contributed by atoms with van der Waals surface area (Å²) >= 11 is 0. The van der Waals surface area contributed by atoms with Crippen LogP contribution in [-0.2, 0) is 6.42 Å². The Balaban J connectivity index is 2.25. The van der Waals surface area contributed by atoms with Crippen LogP contribution in [0.15, 0.2) is 42.7 Å². The number of fused-ring (bicyclic) bond motifs is 1. The molecule has 0 unspecified atom stereocenters. The van der Waals surface area contributed by atoms with Crippen LogP contribution in [0, 0.1) is 0 Å². The molecule has 4 nitrogen and oxygen atoms in total. The molecule has 0 aliphatic carbocycles. The molecule has 0 aliphatic heterocycles. The van der Waals surface area contributed by atoms with Gasteiger partial charge in [0, 0.05) is 42.2 Å². The summed E-state index contributed by atoms with van der Waals surface area (Å²) in [5.74, 6) is 1.55. The molecule has 0 aliphatic rings. The maximum atomic E-state index is 4.63. The van der Waals surface area contributed by atoms with Crippen LogP contribution >= 0.6 is 0 Å². The molecule has 4 heteroatoms. The van der Waals surface area contributed by atoms with Gasteiger partial charge in [0.05, 0.1) is 0 Å². The molecule has 2 heterocycles. The van der Waals surface area contributed by atoms with Crippen LogP contribution in [0.4, 0.5) is 5.82 Å². The van der Waals surface area contributed by atoms with Gasteiger partial charge in [-0.05, 0) is 11.8 Å². The van der Waals surface area contributed by atoms with Crippen LogP contribution in [0.25, 0.3) is 22.2 Å². The Hall–Kier alpha value is -2.49. The topological polar surface area (TPSA) is 50.7 Å². The van der Waals surface area contributed by atoms with Crippen LogP contribution in [0.2, 0.25) is 0 Å². The summed E-state index contributed by atoms with van der Waals surface area (Å²) in [5, 5.41) is 5.31. The number of pyridine rings is 1. The van der Waals surface area contributed by atoms with Crippen molar-refractivity contribution >= 4 is 16.6 Å². The van der Waals surface area contributed by atoms with Gasteiger partial charge in [-0.25, -0.2) is 9.97 Å². The Bertz CT molecular complexity index is 725. The van der Waals surface area contributed by atoms with E-state index in [4.69, 9.17) is 0 Å². The molecule has 0 atom stereocenters. The van der Waals surface area contributed by atoms with Gasteiger partial charge in [-0.1, -0.05) is 31.2 Å². The average molecular weight is 264 g/mol. The SMILES string of the molecule is CCc1cc(NC)nc(-c2cncc3ccccc23)n1. The summed E-state index contributed by atoms with van der Waals surface area (Å²) in [6.07, 6.45) is 4.57. The second-order valence-electron chi connectivity index (χ2n) is 4.58. The zero-order chi connectivity index (χ0) is 13.9. The van der Waals surface area contributed by atoms with Gasteiger partial charge < -0.3 is 5.32 Å². The Labute approximate surface area is 117 Å². The molecular formula is C16H16N4. The van der Waals surface area contributed by atoms with Crippen molar-refractivity contribution < 1.29 is 0 Å². The van der Waals surface area contributed by atoms with Gasteiger partial charge >= 0.3 is 0 Å². The van der Waals surface area contributed by atoms with E-state index < -0.39 is 0 Å². The van der Waals surface area contributed by atoms with E-state index in [1.807, 2.05) is 37.6 Å². The predicted molar refractivity (Wildman–Crippen MR) is 81.7 cm³/mol. The van der Waals surface area contributed by atoms with Gasteiger partial charge in [-0.2, -0.15) is 0 Å². The summed E-state index contributed by atoms with van der Waals surface area (Å²) in [4.78, 5) is 13.5. The van der Waals surface area contributed by atoms with Gasteiger partial charge in [-0.15, -0.1) is 0 Å². The standard InChI is InChI=1S/C16H16N4/c1-3-12-8-15(17-2)20-16(19-12)14-10-18-9-11-6-4-5-7-13(11)14/h4-10H,3H2,1-2H3,(H,17,19,20). The quantitative estimate of drug-likeness (QED) is 0.788. The molecule has 0 amide bonds. The fourth-order valence-corrected chi connectivity index (χ4v) is 2.22. The maximum absolute atomic E-state index is 4.63. The monoisotopic (exact) mass is 264 g/mol. The number of nitrogens with one attached hydrogen (secondary N) is 1. The van der Waals surface area contributed by atoms with E-state index in [1.165, 1.54) is 0 Å². The highest BCUT2D eigenvalue weighted by atomic mass is 15.0. The molecule has 0 fully saturated rings. The third-order valence-corrected chi connectivity index (χ3v) is 3.31. The van der Waals surface area contributed by atoms with E-state index in [-0.39, 0.29) is 0 Å². The molecule has 0 saturated heterocycles. The average Bonchev–Trinajstić information content (AvgIpc) is 2.53. The number of hydrogen-bond donors (Lipinski definition) is 1. The smallest absolute Gasteiger partial charge is 0.163 e. The lowest BCUT2D eigenvalue weighted by molar-refractivity contribution is 1.01. The zero-order valence-corrected chi connectivity index (χ0v) is 11.6. The highest BCUT2D eigenvalue weighted by molar-refractivity contribution is 5.94. The fourth-order valence-electron chi connectivity index (χ4n) is 2.22. The first kappa shape index (κ1) is 12.5. The van der Waals surface area contributed by atoms with E-state index in [1.54, 1.807) is 0 Å². The summed E-state index contributed by atoms with van der Waals surface area (Å²) in [6.45, 7) is 2.09. The number of aryl methyl sites for hydroxylation is 1. The minimum absolute atomic E-state index is 0.720. The van der Waals surface area contributed by atoms with Gasteiger partial charge in [0.25, 0.3) is 0 Å². The molecular weight excluding hydrogens is 248 g/mol. The fraction of sp³-hybridized carbons (Fsp3) is 0.188. The molecule has 0 bridgehead atoms. The summed E-state index contributed by atoms with van der Waals surface area (Å²) < 4.78 is 0. The van der Waals surface area contributed by atoms with Gasteiger partial charge in [0.2, 0.25) is 0 Å². The number of aromatic nitrogens is 3. The Morgan fingerprint density at radius 3 is 2.75 bits per heavy atom. The van der Waals surface area contributed by atoms with Crippen molar-refractivity contribution in [3.63, 3.8) is 0 Å². The van der Waals surface area contributed by atoms with E-state index in [0.29, 0.717) is 0 Å². The summed E-state index contributed by atoms with van der Waals surface area (Å²) in [6, 6.07) is 10.1. The third-order valence-electron chi connectivity index (χ3n) is 3.31. The molecule has 100 valence electrons. The molecule has 0 radical (unpaired) electrons. The van der Waals surface area contributed by atoms with E-state index in [9.17, 15) is 0 Å². The van der Waals surface area contributed by atoms with Crippen molar-refractivity contribution in [1.29, 1.82) is 0 Å². The molecule has 2 aromatic heterocycles. The van der Waals surface area contributed by atoms with Crippen molar-refractivity contribution in [1.82, 2.24) is 15.0 Å². The Morgan fingerprint density at radius 1 is 1.10 bits per heavy atom. The molecule has 3 rings (SSSR count). The van der Waals surface area contributed by atoms with Crippen LogP contribution < -0.4 is 5.32 Å². The van der Waals surface area contributed by atoms with Gasteiger partial charge in [-0.3, -0.25) is 4.98 Å². The Kier molecular flexibility index (Phi) is 3.29. The van der Waals surface area contributed by atoms with Gasteiger partial charge in [0.1, 0.15) is 5.82 Å². The first-order valence-corrected chi connectivity index (χ1v) is 6.70.